The van der Waals surface area contributed by atoms with Gasteiger partial charge in [0, 0.05) is 12.8 Å². The van der Waals surface area contributed by atoms with E-state index in [9.17, 15) is 19.2 Å². The fourth-order valence-electron chi connectivity index (χ4n) is 6.12. The van der Waals surface area contributed by atoms with E-state index in [-0.39, 0.29) is 24.5 Å². The summed E-state index contributed by atoms with van der Waals surface area (Å²) in [7, 11) is 0. The standard InChI is InChI=1S/C44H78N2O7/c1-3-5-7-9-11-13-14-15-16-17-18-19-20-22-28-32-36-43(50)53-39(33-29-25-21-12-10-8-6-4-2)34-30-26-23-24-27-31-35-41(48)45-37-42(49)46-40(38-47)44(51)52/h6,8,12,21,29,33,39-40,47H,3-5,7,9-11,13-20,22-28,30-32,34-38H2,1-2H3,(H,45,48)(H,46,49)(H,51,52)/b8-6-,21-12-,33-29-. The Morgan fingerprint density at radius 3 is 1.57 bits per heavy atom. The lowest BCUT2D eigenvalue weighted by molar-refractivity contribution is -0.147. The Kier molecular flexibility index (Phi) is 36.6. The number of carboxylic acids is 1. The molecule has 9 heteroatoms. The van der Waals surface area contributed by atoms with Gasteiger partial charge in [0.05, 0.1) is 13.2 Å². The minimum atomic E-state index is -1.38. The van der Waals surface area contributed by atoms with Crippen molar-refractivity contribution in [3.8, 4) is 0 Å². The zero-order valence-electron chi connectivity index (χ0n) is 33.8. The molecule has 9 nitrogen and oxygen atoms in total. The quantitative estimate of drug-likeness (QED) is 0.0280. The summed E-state index contributed by atoms with van der Waals surface area (Å²) < 4.78 is 5.91. The van der Waals surface area contributed by atoms with Crippen LogP contribution in [0.1, 0.15) is 194 Å². The SMILES string of the molecule is CC/C=C\C/C=C\C/C=C\C(CCCCCCCCC(=O)NCC(=O)NC(CO)C(=O)O)OC(=O)CCCCCCCCCCCCCCCCCC. The van der Waals surface area contributed by atoms with E-state index in [1.807, 2.05) is 6.08 Å². The number of ether oxygens (including phenoxy) is 1. The molecule has 0 radical (unpaired) electrons. The van der Waals surface area contributed by atoms with E-state index in [1.165, 1.54) is 89.9 Å². The van der Waals surface area contributed by atoms with Crippen molar-refractivity contribution in [3.63, 3.8) is 0 Å². The largest absolute Gasteiger partial charge is 0.480 e. The number of aliphatic carboxylic acids is 1. The van der Waals surface area contributed by atoms with Crippen molar-refractivity contribution in [2.75, 3.05) is 13.2 Å². The van der Waals surface area contributed by atoms with E-state index in [1.54, 1.807) is 0 Å². The number of allylic oxidation sites excluding steroid dienone is 5. The van der Waals surface area contributed by atoms with Crippen molar-refractivity contribution in [1.82, 2.24) is 10.6 Å². The summed E-state index contributed by atoms with van der Waals surface area (Å²) in [5.41, 5.74) is 0. The second-order valence-electron chi connectivity index (χ2n) is 14.4. The molecule has 0 aromatic heterocycles. The number of hydrogen-bond acceptors (Lipinski definition) is 6. The van der Waals surface area contributed by atoms with Gasteiger partial charge < -0.3 is 25.6 Å². The first-order valence-corrected chi connectivity index (χ1v) is 21.4. The molecule has 306 valence electrons. The normalized spacial score (nSPS) is 12.8. The smallest absolute Gasteiger partial charge is 0.328 e. The van der Waals surface area contributed by atoms with Gasteiger partial charge in [-0.2, -0.15) is 0 Å². The summed E-state index contributed by atoms with van der Waals surface area (Å²) in [6, 6.07) is -1.38. The van der Waals surface area contributed by atoms with Crippen LogP contribution in [0.3, 0.4) is 0 Å². The van der Waals surface area contributed by atoms with E-state index in [4.69, 9.17) is 14.9 Å². The second kappa shape index (κ2) is 38.8. The van der Waals surface area contributed by atoms with Gasteiger partial charge in [-0.3, -0.25) is 14.4 Å². The fourth-order valence-corrected chi connectivity index (χ4v) is 6.12. The van der Waals surface area contributed by atoms with Crippen LogP contribution >= 0.6 is 0 Å². The fraction of sp³-hybridized carbons (Fsp3) is 0.773. The second-order valence-corrected chi connectivity index (χ2v) is 14.4. The maximum atomic E-state index is 12.7. The van der Waals surface area contributed by atoms with E-state index >= 15 is 0 Å². The minimum absolute atomic E-state index is 0.101. The van der Waals surface area contributed by atoms with Crippen LogP contribution in [-0.2, 0) is 23.9 Å². The molecule has 0 aliphatic rings. The molecule has 2 amide bonds. The molecule has 2 unspecified atom stereocenters. The number of carboxylic acid groups (broad SMARTS) is 1. The molecule has 0 aliphatic carbocycles. The Balaban J connectivity index is 4.22. The van der Waals surface area contributed by atoms with Crippen LogP contribution < -0.4 is 10.6 Å². The van der Waals surface area contributed by atoms with Crippen LogP contribution in [0, 0.1) is 0 Å². The molecular formula is C44H78N2O7. The summed E-state index contributed by atoms with van der Waals surface area (Å²) in [6.07, 6.45) is 43.5. The third-order valence-electron chi connectivity index (χ3n) is 9.39. The summed E-state index contributed by atoms with van der Waals surface area (Å²) in [6.45, 7) is 3.36. The molecule has 4 N–H and O–H groups in total. The van der Waals surface area contributed by atoms with E-state index in [0.717, 1.165) is 70.6 Å². The van der Waals surface area contributed by atoms with Crippen molar-refractivity contribution >= 4 is 23.8 Å². The predicted molar refractivity (Wildman–Crippen MR) is 218 cm³/mol. The number of nitrogens with one attached hydrogen (secondary N) is 2. The molecule has 0 aliphatic heterocycles. The lowest BCUT2D eigenvalue weighted by Crippen LogP contribution is -2.47. The highest BCUT2D eigenvalue weighted by molar-refractivity contribution is 5.87. The minimum Gasteiger partial charge on any atom is -0.480 e. The van der Waals surface area contributed by atoms with Crippen LogP contribution in [0.4, 0.5) is 0 Å². The van der Waals surface area contributed by atoms with Crippen LogP contribution in [0.25, 0.3) is 0 Å². The lowest BCUT2D eigenvalue weighted by Gasteiger charge is -2.15. The number of aliphatic hydroxyl groups is 1. The Hall–Kier alpha value is -2.94. The topological polar surface area (TPSA) is 142 Å². The first kappa shape index (κ1) is 50.1. The summed E-state index contributed by atoms with van der Waals surface area (Å²) >= 11 is 0. The number of hydrogen-bond donors (Lipinski definition) is 4. The molecule has 53 heavy (non-hydrogen) atoms. The van der Waals surface area contributed by atoms with Crippen molar-refractivity contribution in [3.05, 3.63) is 36.5 Å². The molecule has 0 heterocycles. The number of carbonyl (C=O) groups is 4. The molecule has 0 aromatic carbocycles. The molecule has 0 rings (SSSR count). The summed E-state index contributed by atoms with van der Waals surface area (Å²) in [4.78, 5) is 47.4. The Morgan fingerprint density at radius 1 is 0.585 bits per heavy atom. The van der Waals surface area contributed by atoms with Gasteiger partial charge in [0.1, 0.15) is 12.1 Å². The number of esters is 1. The van der Waals surface area contributed by atoms with Gasteiger partial charge in [-0.1, -0.05) is 166 Å². The third-order valence-corrected chi connectivity index (χ3v) is 9.39. The van der Waals surface area contributed by atoms with E-state index < -0.39 is 24.5 Å². The Morgan fingerprint density at radius 2 is 1.06 bits per heavy atom. The molecule has 0 bridgehead atoms. The van der Waals surface area contributed by atoms with Crippen LogP contribution in [0.5, 0.6) is 0 Å². The molecule has 0 aromatic rings. The number of rotatable bonds is 38. The third kappa shape index (κ3) is 35.8. The van der Waals surface area contributed by atoms with Gasteiger partial charge >= 0.3 is 11.9 Å². The molecule has 0 saturated carbocycles. The van der Waals surface area contributed by atoms with Crippen LogP contribution in [-0.4, -0.2) is 59.3 Å². The van der Waals surface area contributed by atoms with Crippen molar-refractivity contribution in [2.45, 2.75) is 206 Å². The zero-order chi connectivity index (χ0) is 39.0. The first-order chi connectivity index (χ1) is 25.8. The van der Waals surface area contributed by atoms with E-state index in [2.05, 4.69) is 54.9 Å². The van der Waals surface area contributed by atoms with Gasteiger partial charge in [0.2, 0.25) is 11.8 Å². The Bertz CT molecular complexity index is 994. The maximum absolute atomic E-state index is 12.7. The van der Waals surface area contributed by atoms with Gasteiger partial charge in [-0.05, 0) is 51.0 Å². The molecule has 0 saturated heterocycles. The predicted octanol–water partition coefficient (Wildman–Crippen LogP) is 10.2. The highest BCUT2D eigenvalue weighted by Gasteiger charge is 2.18. The number of amides is 2. The molecule has 0 spiro atoms. The van der Waals surface area contributed by atoms with Gasteiger partial charge in [0.25, 0.3) is 0 Å². The number of unbranched alkanes of at least 4 members (excludes halogenated alkanes) is 20. The van der Waals surface area contributed by atoms with Crippen LogP contribution in [0.2, 0.25) is 0 Å². The number of aliphatic hydroxyl groups excluding tert-OH is 1. The van der Waals surface area contributed by atoms with Crippen LogP contribution in [0.15, 0.2) is 36.5 Å². The van der Waals surface area contributed by atoms with Gasteiger partial charge in [-0.25, -0.2) is 4.79 Å². The van der Waals surface area contributed by atoms with Gasteiger partial charge in [-0.15, -0.1) is 0 Å². The average Bonchev–Trinajstić information content (AvgIpc) is 3.14. The van der Waals surface area contributed by atoms with E-state index in [0.29, 0.717) is 19.3 Å². The lowest BCUT2D eigenvalue weighted by atomic mass is 10.0. The van der Waals surface area contributed by atoms with Crippen molar-refractivity contribution < 1.29 is 34.1 Å². The zero-order valence-corrected chi connectivity index (χ0v) is 33.8. The molecule has 2 atom stereocenters. The summed E-state index contributed by atoms with van der Waals surface area (Å²) in [5.74, 6) is -2.36. The molecule has 0 fully saturated rings. The highest BCUT2D eigenvalue weighted by Crippen LogP contribution is 2.16. The first-order valence-electron chi connectivity index (χ1n) is 21.4. The molecular weight excluding hydrogens is 668 g/mol. The monoisotopic (exact) mass is 747 g/mol. The summed E-state index contributed by atoms with van der Waals surface area (Å²) in [5, 5.41) is 22.5. The number of carbonyl (C=O) groups excluding carboxylic acids is 3. The Labute approximate surface area is 323 Å². The maximum Gasteiger partial charge on any atom is 0.328 e. The van der Waals surface area contributed by atoms with Crippen molar-refractivity contribution in [1.29, 1.82) is 0 Å². The average molecular weight is 747 g/mol. The highest BCUT2D eigenvalue weighted by atomic mass is 16.5. The van der Waals surface area contributed by atoms with Crippen molar-refractivity contribution in [2.24, 2.45) is 0 Å². The van der Waals surface area contributed by atoms with Gasteiger partial charge in [0.15, 0.2) is 0 Å².